The third kappa shape index (κ3) is 27.5. The van der Waals surface area contributed by atoms with Gasteiger partial charge >= 0.3 is 0 Å². The molecule has 268 valence electrons. The Labute approximate surface area is 284 Å². The molecule has 0 unspecified atom stereocenters. The topological polar surface area (TPSA) is 188 Å². The average molecular weight is 675 g/mol. The SMILES string of the molecule is CCCCC(=O)CCC(=O)CCC(=O)CCCC(=O)CCC(=O)CCC(=O)CCC(=O)CCC(=O)CCC(=O)CCC(=O)CCC(C)=O. The highest BCUT2D eigenvalue weighted by molar-refractivity contribution is 5.93. The van der Waals surface area contributed by atoms with Crippen LogP contribution in [0, 0.1) is 0 Å². The molecule has 0 radical (unpaired) electrons. The zero-order chi connectivity index (χ0) is 36.3. The van der Waals surface area contributed by atoms with Crippen LogP contribution < -0.4 is 0 Å². The van der Waals surface area contributed by atoms with Crippen molar-refractivity contribution in [2.24, 2.45) is 0 Å². The van der Waals surface area contributed by atoms with Crippen molar-refractivity contribution in [3.63, 3.8) is 0 Å². The van der Waals surface area contributed by atoms with Crippen molar-refractivity contribution < 1.29 is 52.7 Å². The molecule has 0 saturated carbocycles. The van der Waals surface area contributed by atoms with Gasteiger partial charge in [-0.25, -0.2) is 0 Å². The Bertz CT molecular complexity index is 1160. The standard InChI is InChI=1S/C37H54O11/c1-3-4-6-28(39)11-14-32(43)15-12-29(40)7-5-8-30(41)13-16-33(44)19-20-35(46)23-24-37(48)26-25-36(47)22-21-34(45)18-17-31(42)10-9-27(2)38/h3-26H2,1-2H3. The van der Waals surface area contributed by atoms with Crippen LogP contribution in [0.4, 0.5) is 0 Å². The zero-order valence-electron chi connectivity index (χ0n) is 29.0. The van der Waals surface area contributed by atoms with E-state index >= 15 is 0 Å². The first-order valence-corrected chi connectivity index (χ1v) is 17.4. The van der Waals surface area contributed by atoms with Crippen molar-refractivity contribution in [2.45, 2.75) is 168 Å². The fourth-order valence-corrected chi connectivity index (χ4v) is 4.65. The first kappa shape index (κ1) is 44.4. The molecule has 0 heterocycles. The monoisotopic (exact) mass is 674 g/mol. The quantitative estimate of drug-likeness (QED) is 0.0820. The van der Waals surface area contributed by atoms with Crippen LogP contribution >= 0.6 is 0 Å². The largest absolute Gasteiger partial charge is 0.300 e. The number of Topliss-reactive ketones (excluding diaryl/α,β-unsaturated/α-hetero) is 11. The van der Waals surface area contributed by atoms with E-state index in [1.54, 1.807) is 0 Å². The van der Waals surface area contributed by atoms with Gasteiger partial charge in [-0.05, 0) is 19.8 Å². The maximum atomic E-state index is 12.1. The van der Waals surface area contributed by atoms with Crippen LogP contribution in [-0.4, -0.2) is 63.6 Å². The smallest absolute Gasteiger partial charge is 0.133 e. The Morgan fingerprint density at radius 1 is 0.250 bits per heavy atom. The lowest BCUT2D eigenvalue weighted by atomic mass is 9.99. The van der Waals surface area contributed by atoms with Crippen LogP contribution in [0.1, 0.15) is 168 Å². The van der Waals surface area contributed by atoms with Crippen LogP contribution in [0.15, 0.2) is 0 Å². The molecule has 0 aromatic rings. The molecule has 0 atom stereocenters. The van der Waals surface area contributed by atoms with Gasteiger partial charge in [0.25, 0.3) is 0 Å². The molecule has 0 aliphatic carbocycles. The molecule has 0 saturated heterocycles. The molecular weight excluding hydrogens is 620 g/mol. The van der Waals surface area contributed by atoms with Gasteiger partial charge in [0.15, 0.2) is 0 Å². The lowest BCUT2D eigenvalue weighted by Gasteiger charge is -2.04. The van der Waals surface area contributed by atoms with E-state index in [0.717, 1.165) is 12.8 Å². The van der Waals surface area contributed by atoms with Crippen molar-refractivity contribution in [3.05, 3.63) is 0 Å². The highest BCUT2D eigenvalue weighted by Gasteiger charge is 2.15. The molecule has 0 N–H and O–H groups in total. The second kappa shape index (κ2) is 27.3. The van der Waals surface area contributed by atoms with E-state index in [-0.39, 0.29) is 192 Å². The second-order valence-electron chi connectivity index (χ2n) is 12.5. The van der Waals surface area contributed by atoms with E-state index in [2.05, 4.69) is 0 Å². The number of hydrogen-bond donors (Lipinski definition) is 0. The number of carbonyl (C=O) groups excluding carboxylic acids is 11. The molecule has 0 amide bonds. The summed E-state index contributed by atoms with van der Waals surface area (Å²) in [6.07, 6.45) is 3.40. The van der Waals surface area contributed by atoms with E-state index in [1.807, 2.05) is 6.92 Å². The molecule has 0 aromatic carbocycles. The third-order valence-corrected chi connectivity index (χ3v) is 7.94. The van der Waals surface area contributed by atoms with Gasteiger partial charge in [0.2, 0.25) is 0 Å². The Morgan fingerprint density at radius 2 is 0.417 bits per heavy atom. The molecule has 48 heavy (non-hydrogen) atoms. The first-order valence-electron chi connectivity index (χ1n) is 17.4. The van der Waals surface area contributed by atoms with Gasteiger partial charge in [-0.15, -0.1) is 0 Å². The lowest BCUT2D eigenvalue weighted by Crippen LogP contribution is -2.11. The Morgan fingerprint density at radius 3 is 0.604 bits per heavy atom. The maximum Gasteiger partial charge on any atom is 0.133 e. The molecule has 0 fully saturated rings. The highest BCUT2D eigenvalue weighted by atomic mass is 16.2. The number of ketones is 11. The molecule has 0 aromatic heterocycles. The van der Waals surface area contributed by atoms with E-state index in [0.29, 0.717) is 12.8 Å². The summed E-state index contributed by atoms with van der Waals surface area (Å²) in [5, 5.41) is 0. The number of rotatable bonds is 34. The Balaban J connectivity index is 3.94. The van der Waals surface area contributed by atoms with Crippen LogP contribution in [0.25, 0.3) is 0 Å². The summed E-state index contributed by atoms with van der Waals surface area (Å²) in [7, 11) is 0. The minimum Gasteiger partial charge on any atom is -0.300 e. The van der Waals surface area contributed by atoms with Gasteiger partial charge in [0.05, 0.1) is 0 Å². The van der Waals surface area contributed by atoms with Crippen molar-refractivity contribution in [1.82, 2.24) is 0 Å². The van der Waals surface area contributed by atoms with E-state index in [4.69, 9.17) is 0 Å². The summed E-state index contributed by atoms with van der Waals surface area (Å²) in [6, 6.07) is 0. The third-order valence-electron chi connectivity index (χ3n) is 7.94. The maximum absolute atomic E-state index is 12.1. The van der Waals surface area contributed by atoms with Gasteiger partial charge in [0, 0.05) is 135 Å². The summed E-state index contributed by atoms with van der Waals surface area (Å²) < 4.78 is 0. The fraction of sp³-hybridized carbons (Fsp3) is 0.703. The molecule has 0 rings (SSSR count). The molecule has 11 nitrogen and oxygen atoms in total. The van der Waals surface area contributed by atoms with Crippen molar-refractivity contribution in [2.75, 3.05) is 0 Å². The Hall–Kier alpha value is -3.63. The summed E-state index contributed by atoms with van der Waals surface area (Å²) in [5.74, 6) is -1.87. The van der Waals surface area contributed by atoms with Crippen LogP contribution in [-0.2, 0) is 52.7 Å². The summed E-state index contributed by atoms with van der Waals surface area (Å²) in [5.41, 5.74) is 0. The number of hydrogen-bond acceptors (Lipinski definition) is 11. The average Bonchev–Trinajstić information content (AvgIpc) is 3.05. The van der Waals surface area contributed by atoms with Gasteiger partial charge < -0.3 is 4.79 Å². The van der Waals surface area contributed by atoms with Crippen LogP contribution in [0.5, 0.6) is 0 Å². The molecular formula is C37H54O11. The molecule has 0 spiro atoms. The molecule has 11 heteroatoms. The first-order chi connectivity index (χ1) is 22.7. The minimum atomic E-state index is -0.268. The van der Waals surface area contributed by atoms with Crippen LogP contribution in [0.3, 0.4) is 0 Å². The van der Waals surface area contributed by atoms with Gasteiger partial charge in [-0.3, -0.25) is 47.9 Å². The number of carbonyl (C=O) groups is 11. The number of unbranched alkanes of at least 4 members (excludes halogenated alkanes) is 1. The predicted octanol–water partition coefficient (Wildman–Crippen LogP) is 5.65. The molecule has 0 aliphatic rings. The van der Waals surface area contributed by atoms with Crippen LogP contribution in [0.2, 0.25) is 0 Å². The normalized spacial score (nSPS) is 10.7. The molecule has 0 bridgehead atoms. The van der Waals surface area contributed by atoms with Crippen molar-refractivity contribution >= 4 is 63.6 Å². The second-order valence-corrected chi connectivity index (χ2v) is 12.5. The summed E-state index contributed by atoms with van der Waals surface area (Å²) in [4.78, 5) is 130. The summed E-state index contributed by atoms with van der Waals surface area (Å²) >= 11 is 0. The van der Waals surface area contributed by atoms with Gasteiger partial charge in [0.1, 0.15) is 63.6 Å². The Kier molecular flexibility index (Phi) is 25.3. The lowest BCUT2D eigenvalue weighted by molar-refractivity contribution is -0.128. The van der Waals surface area contributed by atoms with E-state index in [9.17, 15) is 52.7 Å². The van der Waals surface area contributed by atoms with Gasteiger partial charge in [-0.1, -0.05) is 13.3 Å². The van der Waals surface area contributed by atoms with Crippen molar-refractivity contribution in [3.8, 4) is 0 Å². The predicted molar refractivity (Wildman–Crippen MR) is 177 cm³/mol. The van der Waals surface area contributed by atoms with Crippen molar-refractivity contribution in [1.29, 1.82) is 0 Å². The van der Waals surface area contributed by atoms with Gasteiger partial charge in [-0.2, -0.15) is 0 Å². The minimum absolute atomic E-state index is 0.00867. The molecule has 0 aliphatic heterocycles. The van der Waals surface area contributed by atoms with E-state index < -0.39 is 0 Å². The zero-order valence-corrected chi connectivity index (χ0v) is 29.0. The highest BCUT2D eigenvalue weighted by Crippen LogP contribution is 2.11. The fourth-order valence-electron chi connectivity index (χ4n) is 4.65. The summed E-state index contributed by atoms with van der Waals surface area (Å²) in [6.45, 7) is 3.38. The van der Waals surface area contributed by atoms with E-state index in [1.165, 1.54) is 6.92 Å².